The van der Waals surface area contributed by atoms with E-state index in [9.17, 15) is 14.4 Å². The summed E-state index contributed by atoms with van der Waals surface area (Å²) < 4.78 is 0. The number of nitrogens with one attached hydrogen (secondary N) is 1. The number of amides is 3. The van der Waals surface area contributed by atoms with E-state index in [1.807, 2.05) is 0 Å². The summed E-state index contributed by atoms with van der Waals surface area (Å²) in [5, 5.41) is 11.5. The maximum Gasteiger partial charge on any atom is 0.335 e. The first-order valence-electron chi connectivity index (χ1n) is 6.56. The molecule has 3 amide bonds. The van der Waals surface area contributed by atoms with Crippen LogP contribution in [-0.2, 0) is 11.3 Å². The molecule has 1 fully saturated rings. The van der Waals surface area contributed by atoms with Crippen molar-refractivity contribution in [2.45, 2.75) is 6.54 Å². The lowest BCUT2D eigenvalue weighted by Crippen LogP contribution is -2.53. The highest BCUT2D eigenvalue weighted by molar-refractivity contribution is 5.87. The number of carbonyl (C=O) groups excluding carboxylic acids is 2. The molecule has 21 heavy (non-hydrogen) atoms. The molecule has 0 aromatic heterocycles. The molecule has 1 heterocycles. The summed E-state index contributed by atoms with van der Waals surface area (Å²) in [6.07, 6.45) is 0. The van der Waals surface area contributed by atoms with Gasteiger partial charge in [0.05, 0.1) is 5.56 Å². The number of benzene rings is 1. The number of rotatable bonds is 3. The predicted molar refractivity (Wildman–Crippen MR) is 74.8 cm³/mol. The molecule has 7 heteroatoms. The first-order chi connectivity index (χ1) is 9.97. The molecule has 0 aliphatic carbocycles. The van der Waals surface area contributed by atoms with Crippen LogP contribution in [0, 0.1) is 0 Å². The summed E-state index contributed by atoms with van der Waals surface area (Å²) in [4.78, 5) is 37.3. The van der Waals surface area contributed by atoms with Crippen LogP contribution in [0.4, 0.5) is 4.79 Å². The molecule has 0 saturated carbocycles. The number of urea groups is 1. The van der Waals surface area contributed by atoms with Crippen LogP contribution in [0.25, 0.3) is 0 Å². The highest BCUT2D eigenvalue weighted by atomic mass is 16.4. The van der Waals surface area contributed by atoms with Gasteiger partial charge in [0, 0.05) is 26.7 Å². The van der Waals surface area contributed by atoms with Crippen LogP contribution in [0.2, 0.25) is 0 Å². The molecule has 0 spiro atoms. The van der Waals surface area contributed by atoms with Gasteiger partial charge in [0.25, 0.3) is 0 Å². The standard InChI is InChI=1S/C14H17N3O4/c1-16(14(21)17-7-6-15-12(18)9-17)8-10-2-4-11(5-3-10)13(19)20/h2-5H,6-9H2,1H3,(H,15,18)(H,19,20). The van der Waals surface area contributed by atoms with E-state index in [2.05, 4.69) is 5.32 Å². The summed E-state index contributed by atoms with van der Waals surface area (Å²) in [5.41, 5.74) is 1.04. The van der Waals surface area contributed by atoms with Gasteiger partial charge >= 0.3 is 12.0 Å². The zero-order chi connectivity index (χ0) is 15.4. The number of carboxylic acids is 1. The first-order valence-corrected chi connectivity index (χ1v) is 6.56. The summed E-state index contributed by atoms with van der Waals surface area (Å²) >= 11 is 0. The van der Waals surface area contributed by atoms with Crippen molar-refractivity contribution in [3.63, 3.8) is 0 Å². The number of hydrogen-bond acceptors (Lipinski definition) is 3. The quantitative estimate of drug-likeness (QED) is 0.842. The molecule has 1 aliphatic rings. The van der Waals surface area contributed by atoms with Crippen LogP contribution in [-0.4, -0.2) is 59.5 Å². The molecule has 7 nitrogen and oxygen atoms in total. The largest absolute Gasteiger partial charge is 0.478 e. The van der Waals surface area contributed by atoms with E-state index in [0.29, 0.717) is 19.6 Å². The van der Waals surface area contributed by atoms with E-state index >= 15 is 0 Å². The van der Waals surface area contributed by atoms with Crippen molar-refractivity contribution in [2.24, 2.45) is 0 Å². The maximum absolute atomic E-state index is 12.2. The van der Waals surface area contributed by atoms with Gasteiger partial charge in [-0.15, -0.1) is 0 Å². The summed E-state index contributed by atoms with van der Waals surface area (Å²) in [7, 11) is 1.65. The van der Waals surface area contributed by atoms with Gasteiger partial charge < -0.3 is 20.2 Å². The average molecular weight is 291 g/mol. The van der Waals surface area contributed by atoms with Crippen molar-refractivity contribution in [2.75, 3.05) is 26.7 Å². The predicted octanol–water partition coefficient (Wildman–Crippen LogP) is 0.368. The van der Waals surface area contributed by atoms with E-state index in [0.717, 1.165) is 5.56 Å². The topological polar surface area (TPSA) is 90.0 Å². The Balaban J connectivity index is 1.96. The van der Waals surface area contributed by atoms with Crippen molar-refractivity contribution in [1.29, 1.82) is 0 Å². The van der Waals surface area contributed by atoms with Crippen molar-refractivity contribution in [3.05, 3.63) is 35.4 Å². The van der Waals surface area contributed by atoms with E-state index in [-0.39, 0.29) is 24.0 Å². The molecule has 2 N–H and O–H groups in total. The Kier molecular flexibility index (Phi) is 4.42. The average Bonchev–Trinajstić information content (AvgIpc) is 2.47. The Bertz CT molecular complexity index is 556. The SMILES string of the molecule is CN(Cc1ccc(C(=O)O)cc1)C(=O)N1CCNC(=O)C1. The van der Waals surface area contributed by atoms with Crippen molar-refractivity contribution in [3.8, 4) is 0 Å². The first kappa shape index (κ1) is 14.8. The molecule has 112 valence electrons. The minimum absolute atomic E-state index is 0.0706. The molecule has 1 saturated heterocycles. The number of aromatic carboxylic acids is 1. The second kappa shape index (κ2) is 6.25. The van der Waals surface area contributed by atoms with Crippen molar-refractivity contribution >= 4 is 17.9 Å². The third kappa shape index (κ3) is 3.71. The van der Waals surface area contributed by atoms with Gasteiger partial charge in [-0.2, -0.15) is 0 Å². The van der Waals surface area contributed by atoms with Gasteiger partial charge in [-0.1, -0.05) is 12.1 Å². The summed E-state index contributed by atoms with van der Waals surface area (Å²) in [5.74, 6) is -1.14. The molecular formula is C14H17N3O4. The molecule has 1 aromatic rings. The lowest BCUT2D eigenvalue weighted by molar-refractivity contribution is -0.123. The number of carboxylic acid groups (broad SMARTS) is 1. The Morgan fingerprint density at radius 1 is 1.33 bits per heavy atom. The molecule has 0 atom stereocenters. The zero-order valence-electron chi connectivity index (χ0n) is 11.7. The van der Waals surface area contributed by atoms with E-state index in [4.69, 9.17) is 5.11 Å². The Morgan fingerprint density at radius 3 is 2.57 bits per heavy atom. The second-order valence-electron chi connectivity index (χ2n) is 4.91. The smallest absolute Gasteiger partial charge is 0.335 e. The van der Waals surface area contributed by atoms with Crippen LogP contribution in [0.15, 0.2) is 24.3 Å². The fourth-order valence-electron chi connectivity index (χ4n) is 2.14. The van der Waals surface area contributed by atoms with E-state index < -0.39 is 5.97 Å². The molecule has 1 aromatic carbocycles. The fourth-order valence-corrected chi connectivity index (χ4v) is 2.14. The molecule has 0 bridgehead atoms. The van der Waals surface area contributed by atoms with Gasteiger partial charge in [0.1, 0.15) is 6.54 Å². The Morgan fingerprint density at radius 2 is 2.00 bits per heavy atom. The molecule has 1 aliphatic heterocycles. The highest BCUT2D eigenvalue weighted by Gasteiger charge is 2.23. The third-order valence-electron chi connectivity index (χ3n) is 3.26. The number of carbonyl (C=O) groups is 3. The maximum atomic E-state index is 12.2. The number of hydrogen-bond donors (Lipinski definition) is 2. The van der Waals surface area contributed by atoms with E-state index in [1.165, 1.54) is 21.9 Å². The lowest BCUT2D eigenvalue weighted by Gasteiger charge is -2.30. The lowest BCUT2D eigenvalue weighted by atomic mass is 10.1. The van der Waals surface area contributed by atoms with Gasteiger partial charge in [0.2, 0.25) is 5.91 Å². The number of piperazine rings is 1. The number of nitrogens with zero attached hydrogens (tertiary/aromatic N) is 2. The summed E-state index contributed by atoms with van der Waals surface area (Å²) in [6.45, 7) is 1.39. The molecular weight excluding hydrogens is 274 g/mol. The van der Waals surface area contributed by atoms with Crippen molar-refractivity contribution in [1.82, 2.24) is 15.1 Å². The molecule has 0 unspecified atom stereocenters. The second-order valence-corrected chi connectivity index (χ2v) is 4.91. The monoisotopic (exact) mass is 291 g/mol. The fraction of sp³-hybridized carbons (Fsp3) is 0.357. The van der Waals surface area contributed by atoms with E-state index in [1.54, 1.807) is 19.2 Å². The van der Waals surface area contributed by atoms with Crippen LogP contribution in [0.3, 0.4) is 0 Å². The molecule has 0 radical (unpaired) electrons. The van der Waals surface area contributed by atoms with Crippen LogP contribution in [0.5, 0.6) is 0 Å². The van der Waals surface area contributed by atoms with Gasteiger partial charge in [-0.05, 0) is 17.7 Å². The van der Waals surface area contributed by atoms with Gasteiger partial charge in [-0.25, -0.2) is 9.59 Å². The minimum Gasteiger partial charge on any atom is -0.478 e. The normalized spacial score (nSPS) is 14.5. The van der Waals surface area contributed by atoms with Gasteiger partial charge in [-0.3, -0.25) is 4.79 Å². The van der Waals surface area contributed by atoms with Crippen LogP contribution < -0.4 is 5.32 Å². The third-order valence-corrected chi connectivity index (χ3v) is 3.26. The van der Waals surface area contributed by atoms with Crippen LogP contribution >= 0.6 is 0 Å². The zero-order valence-corrected chi connectivity index (χ0v) is 11.7. The Labute approximate surface area is 122 Å². The highest BCUT2D eigenvalue weighted by Crippen LogP contribution is 2.09. The van der Waals surface area contributed by atoms with Gasteiger partial charge in [0.15, 0.2) is 0 Å². The Hall–Kier alpha value is -2.57. The van der Waals surface area contributed by atoms with Crippen molar-refractivity contribution < 1.29 is 19.5 Å². The van der Waals surface area contributed by atoms with Crippen LogP contribution in [0.1, 0.15) is 15.9 Å². The summed E-state index contributed by atoms with van der Waals surface area (Å²) in [6, 6.07) is 6.15. The molecule has 2 rings (SSSR count). The minimum atomic E-state index is -0.981.